The van der Waals surface area contributed by atoms with Crippen LogP contribution in [0.2, 0.25) is 0 Å². The molecule has 0 heterocycles. The monoisotopic (exact) mass is 286 g/mol. The molecule has 0 aliphatic carbocycles. The van der Waals surface area contributed by atoms with Gasteiger partial charge < -0.3 is 5.11 Å². The highest BCUT2D eigenvalue weighted by Crippen LogP contribution is 2.21. The molecule has 0 radical (unpaired) electrons. The van der Waals surface area contributed by atoms with Gasteiger partial charge in [0.05, 0.1) is 0 Å². The van der Waals surface area contributed by atoms with E-state index in [1.165, 1.54) is 5.56 Å². The molecule has 1 nitrogen and oxygen atoms in total. The molecule has 0 aromatic heterocycles. The first-order valence-electron chi connectivity index (χ1n) is 5.25. The van der Waals surface area contributed by atoms with Gasteiger partial charge in [0.2, 0.25) is 0 Å². The van der Waals surface area contributed by atoms with Crippen LogP contribution in [-0.4, -0.2) is 11.7 Å². The quantitative estimate of drug-likeness (QED) is 0.796. The van der Waals surface area contributed by atoms with Gasteiger partial charge in [0, 0.05) is 10.0 Å². The Bertz CT molecular complexity index is 544. The second-order valence-electron chi connectivity index (χ2n) is 3.54. The van der Waals surface area contributed by atoms with E-state index in [0.29, 0.717) is 0 Å². The number of aliphatic hydroxyl groups excluding tert-OH is 1. The van der Waals surface area contributed by atoms with Gasteiger partial charge >= 0.3 is 0 Å². The average molecular weight is 287 g/mol. The smallest absolute Gasteiger partial charge is 0.104 e. The number of benzene rings is 2. The van der Waals surface area contributed by atoms with Gasteiger partial charge in [-0.2, -0.15) is 0 Å². The number of halogens is 1. The van der Waals surface area contributed by atoms with Gasteiger partial charge in [0.15, 0.2) is 0 Å². The summed E-state index contributed by atoms with van der Waals surface area (Å²) in [7, 11) is 0. The zero-order valence-corrected chi connectivity index (χ0v) is 10.7. The summed E-state index contributed by atoms with van der Waals surface area (Å²) in [4.78, 5) is 0. The van der Waals surface area contributed by atoms with E-state index in [0.717, 1.165) is 15.6 Å². The highest BCUT2D eigenvalue weighted by Gasteiger charge is 1.96. The summed E-state index contributed by atoms with van der Waals surface area (Å²) in [5.74, 6) is 5.51. The average Bonchev–Trinajstić information content (AvgIpc) is 2.38. The Morgan fingerprint density at radius 2 is 1.41 bits per heavy atom. The van der Waals surface area contributed by atoms with E-state index in [2.05, 4.69) is 39.9 Å². The van der Waals surface area contributed by atoms with Gasteiger partial charge in [-0.1, -0.05) is 52.0 Å². The van der Waals surface area contributed by atoms with E-state index in [4.69, 9.17) is 5.11 Å². The summed E-state index contributed by atoms with van der Waals surface area (Å²) in [6.07, 6.45) is 0. The van der Waals surface area contributed by atoms with Gasteiger partial charge in [-0.25, -0.2) is 0 Å². The minimum atomic E-state index is -0.103. The summed E-state index contributed by atoms with van der Waals surface area (Å²) < 4.78 is 1.08. The molecular formula is C15H11BrO. The van der Waals surface area contributed by atoms with Crippen molar-refractivity contribution < 1.29 is 5.11 Å². The van der Waals surface area contributed by atoms with E-state index in [1.807, 2.05) is 36.4 Å². The van der Waals surface area contributed by atoms with Crippen LogP contribution >= 0.6 is 15.9 Å². The van der Waals surface area contributed by atoms with Gasteiger partial charge in [0.25, 0.3) is 0 Å². The molecule has 2 rings (SSSR count). The molecular weight excluding hydrogens is 276 g/mol. The highest BCUT2D eigenvalue weighted by molar-refractivity contribution is 9.10. The number of rotatable bonds is 1. The van der Waals surface area contributed by atoms with Crippen LogP contribution in [0.5, 0.6) is 0 Å². The van der Waals surface area contributed by atoms with E-state index in [9.17, 15) is 0 Å². The zero-order valence-electron chi connectivity index (χ0n) is 9.15. The van der Waals surface area contributed by atoms with Crippen molar-refractivity contribution in [2.24, 2.45) is 0 Å². The molecule has 0 saturated heterocycles. The van der Waals surface area contributed by atoms with Gasteiger partial charge in [-0.3, -0.25) is 0 Å². The molecule has 0 unspecified atom stereocenters. The molecule has 0 amide bonds. The van der Waals surface area contributed by atoms with Crippen LogP contribution in [0.15, 0.2) is 53.0 Å². The Morgan fingerprint density at radius 1 is 0.882 bits per heavy atom. The fourth-order valence-corrected chi connectivity index (χ4v) is 1.79. The summed E-state index contributed by atoms with van der Waals surface area (Å²) in [6.45, 7) is -0.103. The molecule has 0 spiro atoms. The second-order valence-corrected chi connectivity index (χ2v) is 4.46. The molecule has 2 heteroatoms. The maximum atomic E-state index is 8.61. The Morgan fingerprint density at radius 3 is 1.94 bits per heavy atom. The molecule has 2 aromatic carbocycles. The largest absolute Gasteiger partial charge is 0.384 e. The molecule has 1 N–H and O–H groups in total. The first kappa shape index (κ1) is 11.9. The third-order valence-corrected chi connectivity index (χ3v) is 2.90. The Kier molecular flexibility index (Phi) is 3.98. The van der Waals surface area contributed by atoms with E-state index < -0.39 is 0 Å². The summed E-state index contributed by atoms with van der Waals surface area (Å²) in [5.41, 5.74) is 3.25. The first-order valence-corrected chi connectivity index (χ1v) is 6.04. The lowest BCUT2D eigenvalue weighted by Gasteiger charge is -2.01. The summed E-state index contributed by atoms with van der Waals surface area (Å²) in [6, 6.07) is 16.2. The van der Waals surface area contributed by atoms with Crippen molar-refractivity contribution in [3.05, 3.63) is 58.6 Å². The van der Waals surface area contributed by atoms with Crippen LogP contribution in [0.1, 0.15) is 5.56 Å². The van der Waals surface area contributed by atoms with E-state index in [1.54, 1.807) is 0 Å². The Balaban J connectivity index is 2.26. The topological polar surface area (TPSA) is 20.2 Å². The third kappa shape index (κ3) is 3.20. The lowest BCUT2D eigenvalue weighted by atomic mass is 10.0. The lowest BCUT2D eigenvalue weighted by Crippen LogP contribution is -1.80. The second kappa shape index (κ2) is 5.67. The highest BCUT2D eigenvalue weighted by atomic mass is 79.9. The van der Waals surface area contributed by atoms with Crippen LogP contribution in [0.3, 0.4) is 0 Å². The molecule has 0 bridgehead atoms. The molecule has 0 aliphatic rings. The van der Waals surface area contributed by atoms with Crippen LogP contribution in [0.25, 0.3) is 11.1 Å². The minimum Gasteiger partial charge on any atom is -0.384 e. The summed E-state index contributed by atoms with van der Waals surface area (Å²) >= 11 is 3.42. The summed E-state index contributed by atoms with van der Waals surface area (Å²) in [5, 5.41) is 8.61. The van der Waals surface area contributed by atoms with Gasteiger partial charge in [-0.15, -0.1) is 0 Å². The molecule has 17 heavy (non-hydrogen) atoms. The van der Waals surface area contributed by atoms with Crippen molar-refractivity contribution in [1.82, 2.24) is 0 Å². The van der Waals surface area contributed by atoms with Crippen molar-refractivity contribution in [2.45, 2.75) is 0 Å². The predicted octanol–water partition coefficient (Wildman–Crippen LogP) is 3.46. The lowest BCUT2D eigenvalue weighted by molar-refractivity contribution is 0.350. The van der Waals surface area contributed by atoms with Gasteiger partial charge in [0.1, 0.15) is 6.61 Å². The minimum absolute atomic E-state index is 0.103. The third-order valence-electron chi connectivity index (χ3n) is 2.37. The standard InChI is InChI=1S/C15H11BrO/c16-15-9-7-14(8-10-15)13-5-3-12(4-6-13)2-1-11-17/h3-10,17H,11H2. The molecule has 0 fully saturated rings. The maximum absolute atomic E-state index is 8.61. The van der Waals surface area contributed by atoms with Crippen molar-refractivity contribution >= 4 is 15.9 Å². The predicted molar refractivity (Wildman–Crippen MR) is 73.5 cm³/mol. The molecule has 0 saturated carbocycles. The maximum Gasteiger partial charge on any atom is 0.104 e. The van der Waals surface area contributed by atoms with Crippen molar-refractivity contribution in [2.75, 3.05) is 6.61 Å². The van der Waals surface area contributed by atoms with Gasteiger partial charge in [-0.05, 0) is 35.4 Å². The van der Waals surface area contributed by atoms with Crippen molar-refractivity contribution in [3.8, 4) is 23.0 Å². The fourth-order valence-electron chi connectivity index (χ4n) is 1.53. The Hall–Kier alpha value is -1.56. The fraction of sp³-hybridized carbons (Fsp3) is 0.0667. The number of hydrogen-bond acceptors (Lipinski definition) is 1. The SMILES string of the molecule is OCC#Cc1ccc(-c2ccc(Br)cc2)cc1. The number of hydrogen-bond donors (Lipinski definition) is 1. The first-order chi connectivity index (χ1) is 8.29. The molecule has 0 aliphatic heterocycles. The van der Waals surface area contributed by atoms with Crippen LogP contribution < -0.4 is 0 Å². The van der Waals surface area contributed by atoms with E-state index in [-0.39, 0.29) is 6.61 Å². The van der Waals surface area contributed by atoms with Crippen LogP contribution in [-0.2, 0) is 0 Å². The Labute approximate surface area is 109 Å². The zero-order chi connectivity index (χ0) is 12.1. The number of aliphatic hydroxyl groups is 1. The normalized spacial score (nSPS) is 9.53. The van der Waals surface area contributed by atoms with E-state index >= 15 is 0 Å². The van der Waals surface area contributed by atoms with Crippen molar-refractivity contribution in [3.63, 3.8) is 0 Å². The molecule has 0 atom stereocenters. The molecule has 84 valence electrons. The van der Waals surface area contributed by atoms with Crippen molar-refractivity contribution in [1.29, 1.82) is 0 Å². The van der Waals surface area contributed by atoms with Crippen LogP contribution in [0, 0.1) is 11.8 Å². The molecule has 2 aromatic rings. The van der Waals surface area contributed by atoms with Crippen LogP contribution in [0.4, 0.5) is 0 Å².